The van der Waals surface area contributed by atoms with E-state index in [-0.39, 0.29) is 25.5 Å². The van der Waals surface area contributed by atoms with Gasteiger partial charge in [-0.15, -0.1) is 0 Å². The summed E-state index contributed by atoms with van der Waals surface area (Å²) >= 11 is 0. The lowest BCUT2D eigenvalue weighted by Gasteiger charge is -2.22. The second kappa shape index (κ2) is 8.43. The molecule has 6 N–H and O–H groups in total. The number of nitrogens with zero attached hydrogens (tertiary/aromatic N) is 2. The van der Waals surface area contributed by atoms with Crippen LogP contribution in [0.25, 0.3) is 0 Å². The predicted octanol–water partition coefficient (Wildman–Crippen LogP) is -2.93. The summed E-state index contributed by atoms with van der Waals surface area (Å²) in [7, 11) is 1.63. The second-order valence-electron chi connectivity index (χ2n) is 4.04. The third-order valence-corrected chi connectivity index (χ3v) is 2.24. The highest BCUT2D eigenvalue weighted by molar-refractivity contribution is 5.82. The fraction of sp³-hybridized carbons (Fsp3) is 0.700. The maximum atomic E-state index is 11.8. The summed E-state index contributed by atoms with van der Waals surface area (Å²) in [6, 6.07) is 0. The van der Waals surface area contributed by atoms with Gasteiger partial charge in [0.05, 0.1) is 19.6 Å². The van der Waals surface area contributed by atoms with Crippen molar-refractivity contribution in [2.75, 3.05) is 39.8 Å². The van der Waals surface area contributed by atoms with Gasteiger partial charge in [0, 0.05) is 13.6 Å². The molecule has 0 rings (SSSR count). The number of carbonyl (C=O) groups excluding carboxylic acids is 3. The third kappa shape index (κ3) is 7.58. The molecule has 0 saturated carbocycles. The predicted molar refractivity (Wildman–Crippen MR) is 66.1 cm³/mol. The summed E-state index contributed by atoms with van der Waals surface area (Å²) < 4.78 is 0. The van der Waals surface area contributed by atoms with Crippen LogP contribution in [-0.4, -0.2) is 67.3 Å². The monoisotopic (exact) mass is 259 g/mol. The van der Waals surface area contributed by atoms with Gasteiger partial charge in [0.15, 0.2) is 0 Å². The number of rotatable bonds is 9. The highest BCUT2D eigenvalue weighted by Crippen LogP contribution is 1.93. The Bertz CT molecular complexity index is 292. The molecule has 0 aromatic carbocycles. The molecule has 0 aliphatic heterocycles. The van der Waals surface area contributed by atoms with Crippen LogP contribution >= 0.6 is 0 Å². The quantitative estimate of drug-likeness (QED) is 0.407. The SMILES string of the molecule is CN(CCCN)C(=O)CN(CC(N)=O)CC(N)=O. The minimum atomic E-state index is -0.617. The standard InChI is InChI=1S/C10H21N5O3/c1-14(4-2-3-11)10(18)7-15(5-8(12)16)6-9(13)17/h2-7,11H2,1H3,(H2,12,16)(H2,13,17). The van der Waals surface area contributed by atoms with Gasteiger partial charge in [-0.2, -0.15) is 0 Å². The largest absolute Gasteiger partial charge is 0.369 e. The van der Waals surface area contributed by atoms with Crippen LogP contribution in [0.2, 0.25) is 0 Å². The Labute approximate surface area is 106 Å². The number of primary amides is 2. The van der Waals surface area contributed by atoms with Crippen LogP contribution in [0, 0.1) is 0 Å². The van der Waals surface area contributed by atoms with E-state index in [9.17, 15) is 14.4 Å². The highest BCUT2D eigenvalue weighted by atomic mass is 16.2. The Kier molecular flexibility index (Phi) is 7.64. The van der Waals surface area contributed by atoms with E-state index in [4.69, 9.17) is 17.2 Å². The molecule has 8 heteroatoms. The average molecular weight is 259 g/mol. The normalized spacial score (nSPS) is 10.4. The minimum absolute atomic E-state index is 0.0764. The van der Waals surface area contributed by atoms with Crippen molar-refractivity contribution in [3.8, 4) is 0 Å². The minimum Gasteiger partial charge on any atom is -0.369 e. The van der Waals surface area contributed by atoms with Gasteiger partial charge in [0.25, 0.3) is 0 Å². The van der Waals surface area contributed by atoms with Crippen molar-refractivity contribution in [1.29, 1.82) is 0 Å². The first-order chi connectivity index (χ1) is 8.36. The molecule has 0 fully saturated rings. The molecule has 0 aliphatic rings. The number of amides is 3. The van der Waals surface area contributed by atoms with E-state index < -0.39 is 11.8 Å². The Balaban J connectivity index is 4.32. The zero-order valence-electron chi connectivity index (χ0n) is 10.6. The molecule has 104 valence electrons. The van der Waals surface area contributed by atoms with E-state index in [1.165, 1.54) is 9.80 Å². The van der Waals surface area contributed by atoms with E-state index in [1.807, 2.05) is 0 Å². The zero-order valence-corrected chi connectivity index (χ0v) is 10.6. The maximum Gasteiger partial charge on any atom is 0.236 e. The van der Waals surface area contributed by atoms with Gasteiger partial charge in [0.1, 0.15) is 0 Å². The highest BCUT2D eigenvalue weighted by Gasteiger charge is 2.17. The van der Waals surface area contributed by atoms with Crippen LogP contribution in [0.5, 0.6) is 0 Å². The summed E-state index contributed by atoms with van der Waals surface area (Å²) in [5, 5.41) is 0. The molecule has 0 bridgehead atoms. The molecule has 3 amide bonds. The van der Waals surface area contributed by atoms with Crippen molar-refractivity contribution in [3.05, 3.63) is 0 Å². The van der Waals surface area contributed by atoms with Crippen LogP contribution in [0.3, 0.4) is 0 Å². The molecule has 8 nitrogen and oxygen atoms in total. The van der Waals surface area contributed by atoms with E-state index in [0.717, 1.165) is 0 Å². The molecular formula is C10H21N5O3. The first-order valence-corrected chi connectivity index (χ1v) is 5.59. The average Bonchev–Trinajstić information content (AvgIpc) is 2.23. The van der Waals surface area contributed by atoms with Crippen LogP contribution in [0.15, 0.2) is 0 Å². The Hall–Kier alpha value is -1.67. The Morgan fingerprint density at radius 1 is 1.00 bits per heavy atom. The molecule has 18 heavy (non-hydrogen) atoms. The molecule has 0 saturated heterocycles. The van der Waals surface area contributed by atoms with Crippen molar-refractivity contribution in [1.82, 2.24) is 9.80 Å². The fourth-order valence-corrected chi connectivity index (χ4v) is 1.37. The van der Waals surface area contributed by atoms with Crippen molar-refractivity contribution < 1.29 is 14.4 Å². The molecule has 0 aromatic rings. The molecule has 0 unspecified atom stereocenters. The zero-order chi connectivity index (χ0) is 14.1. The molecular weight excluding hydrogens is 238 g/mol. The van der Waals surface area contributed by atoms with Crippen LogP contribution in [-0.2, 0) is 14.4 Å². The molecule has 0 atom stereocenters. The van der Waals surface area contributed by atoms with Gasteiger partial charge in [0.2, 0.25) is 17.7 Å². The number of carbonyl (C=O) groups is 3. The number of nitrogens with two attached hydrogens (primary N) is 3. The van der Waals surface area contributed by atoms with Crippen molar-refractivity contribution in [2.24, 2.45) is 17.2 Å². The van der Waals surface area contributed by atoms with Gasteiger partial charge in [-0.05, 0) is 13.0 Å². The first-order valence-electron chi connectivity index (χ1n) is 5.59. The topological polar surface area (TPSA) is 136 Å². The summed E-state index contributed by atoms with van der Waals surface area (Å²) in [5.41, 5.74) is 15.4. The number of hydrogen-bond acceptors (Lipinski definition) is 5. The Morgan fingerprint density at radius 2 is 1.50 bits per heavy atom. The van der Waals surface area contributed by atoms with Crippen molar-refractivity contribution in [3.63, 3.8) is 0 Å². The lowest BCUT2D eigenvalue weighted by Crippen LogP contribution is -2.45. The third-order valence-electron chi connectivity index (χ3n) is 2.24. The number of hydrogen-bond donors (Lipinski definition) is 3. The second-order valence-corrected chi connectivity index (χ2v) is 4.04. The summed E-state index contributed by atoms with van der Waals surface area (Å²) in [5.74, 6) is -1.45. The van der Waals surface area contributed by atoms with Crippen LogP contribution in [0.4, 0.5) is 0 Å². The lowest BCUT2D eigenvalue weighted by molar-refractivity contribution is -0.132. The van der Waals surface area contributed by atoms with Gasteiger partial charge in [-0.3, -0.25) is 19.3 Å². The maximum absolute atomic E-state index is 11.8. The van der Waals surface area contributed by atoms with E-state index in [0.29, 0.717) is 19.5 Å². The van der Waals surface area contributed by atoms with E-state index in [2.05, 4.69) is 0 Å². The smallest absolute Gasteiger partial charge is 0.236 e. The van der Waals surface area contributed by atoms with Crippen LogP contribution in [0.1, 0.15) is 6.42 Å². The van der Waals surface area contributed by atoms with E-state index >= 15 is 0 Å². The molecule has 0 heterocycles. The van der Waals surface area contributed by atoms with Crippen molar-refractivity contribution >= 4 is 17.7 Å². The van der Waals surface area contributed by atoms with Gasteiger partial charge >= 0.3 is 0 Å². The molecule has 0 aliphatic carbocycles. The Morgan fingerprint density at radius 3 is 1.89 bits per heavy atom. The van der Waals surface area contributed by atoms with Crippen LogP contribution < -0.4 is 17.2 Å². The fourth-order valence-electron chi connectivity index (χ4n) is 1.37. The van der Waals surface area contributed by atoms with Crippen molar-refractivity contribution in [2.45, 2.75) is 6.42 Å². The number of likely N-dealkylation sites (N-methyl/N-ethyl adjacent to an activating group) is 1. The van der Waals surface area contributed by atoms with E-state index in [1.54, 1.807) is 7.05 Å². The van der Waals surface area contributed by atoms with Gasteiger partial charge in [-0.25, -0.2) is 0 Å². The lowest BCUT2D eigenvalue weighted by atomic mass is 10.3. The molecule has 0 radical (unpaired) electrons. The first kappa shape index (κ1) is 16.3. The summed E-state index contributed by atoms with van der Waals surface area (Å²) in [6.07, 6.45) is 0.688. The molecule has 0 spiro atoms. The molecule has 0 aromatic heterocycles. The van der Waals surface area contributed by atoms with Gasteiger partial charge < -0.3 is 22.1 Å². The summed E-state index contributed by atoms with van der Waals surface area (Å²) in [4.78, 5) is 36.2. The van der Waals surface area contributed by atoms with Gasteiger partial charge in [-0.1, -0.05) is 0 Å². The summed E-state index contributed by atoms with van der Waals surface area (Å²) in [6.45, 7) is 0.575.